The number of carboxylic acid groups (broad SMARTS) is 1. The second-order valence-corrected chi connectivity index (χ2v) is 9.88. The highest BCUT2D eigenvalue weighted by molar-refractivity contribution is 6.82. The molecule has 0 atom stereocenters. The summed E-state index contributed by atoms with van der Waals surface area (Å²) in [7, 11) is -1.45. The van der Waals surface area contributed by atoms with Crippen molar-refractivity contribution in [3.8, 4) is 0 Å². The van der Waals surface area contributed by atoms with Gasteiger partial charge in [0.05, 0.1) is 13.6 Å². The molecule has 0 saturated carbocycles. The Kier molecular flexibility index (Phi) is 4.61. The smallest absolute Gasteiger partial charge is 0.335 e. The van der Waals surface area contributed by atoms with Crippen molar-refractivity contribution in [2.75, 3.05) is 0 Å². The van der Waals surface area contributed by atoms with Crippen molar-refractivity contribution in [2.24, 2.45) is 0 Å². The van der Waals surface area contributed by atoms with Gasteiger partial charge in [-0.25, -0.2) is 4.79 Å². The van der Waals surface area contributed by atoms with Crippen molar-refractivity contribution < 1.29 is 14.7 Å². The van der Waals surface area contributed by atoms with Crippen LogP contribution in [0.15, 0.2) is 36.5 Å². The molecule has 1 N–H and O–H groups in total. The first-order chi connectivity index (χ1) is 8.35. The second-order valence-electron chi connectivity index (χ2n) is 5.00. The second kappa shape index (κ2) is 5.77. The third-order valence-electron chi connectivity index (χ3n) is 3.00. The molecule has 96 valence electrons. The van der Waals surface area contributed by atoms with E-state index in [0.29, 0.717) is 12.0 Å². The SMILES string of the molecule is C=C[Si](C)(C)CCC(=O)c1ccc(C(=O)O)cc1. The molecule has 18 heavy (non-hydrogen) atoms. The fourth-order valence-corrected chi connectivity index (χ4v) is 2.56. The highest BCUT2D eigenvalue weighted by Crippen LogP contribution is 2.16. The molecular formula is C14H18O3Si. The van der Waals surface area contributed by atoms with E-state index in [-0.39, 0.29) is 11.3 Å². The lowest BCUT2D eigenvalue weighted by molar-refractivity contribution is 0.0696. The van der Waals surface area contributed by atoms with Crippen molar-refractivity contribution in [3.05, 3.63) is 47.7 Å². The maximum absolute atomic E-state index is 11.9. The number of hydrogen-bond acceptors (Lipinski definition) is 2. The Bertz CT molecular complexity index is 460. The first-order valence-electron chi connectivity index (χ1n) is 5.86. The monoisotopic (exact) mass is 262 g/mol. The third kappa shape index (κ3) is 3.96. The normalized spacial score (nSPS) is 11.0. The summed E-state index contributed by atoms with van der Waals surface area (Å²) in [4.78, 5) is 22.6. The molecule has 1 aromatic rings. The lowest BCUT2D eigenvalue weighted by atomic mass is 10.1. The first kappa shape index (κ1) is 14.4. The molecule has 0 aliphatic heterocycles. The molecule has 3 nitrogen and oxygen atoms in total. The molecule has 0 bridgehead atoms. The van der Waals surface area contributed by atoms with Crippen molar-refractivity contribution in [2.45, 2.75) is 25.6 Å². The number of hydrogen-bond donors (Lipinski definition) is 1. The Morgan fingerprint density at radius 1 is 1.22 bits per heavy atom. The molecule has 1 aromatic carbocycles. The van der Waals surface area contributed by atoms with Crippen molar-refractivity contribution in [1.29, 1.82) is 0 Å². The third-order valence-corrected chi connectivity index (χ3v) is 5.65. The molecule has 0 unspecified atom stereocenters. The van der Waals surface area contributed by atoms with Gasteiger partial charge in [-0.1, -0.05) is 25.2 Å². The molecule has 0 amide bonds. The molecule has 0 fully saturated rings. The number of Topliss-reactive ketones (excluding diaryl/α,β-unsaturated/α-hetero) is 1. The van der Waals surface area contributed by atoms with Crippen LogP contribution in [0.3, 0.4) is 0 Å². The predicted octanol–water partition coefficient (Wildman–Crippen LogP) is 3.39. The van der Waals surface area contributed by atoms with Crippen LogP contribution in [0.2, 0.25) is 19.1 Å². The number of rotatable bonds is 6. The van der Waals surface area contributed by atoms with E-state index in [2.05, 4.69) is 19.7 Å². The largest absolute Gasteiger partial charge is 0.478 e. The quantitative estimate of drug-likeness (QED) is 0.631. The van der Waals surface area contributed by atoms with E-state index >= 15 is 0 Å². The summed E-state index contributed by atoms with van der Waals surface area (Å²) < 4.78 is 0. The van der Waals surface area contributed by atoms with Crippen LogP contribution in [0.4, 0.5) is 0 Å². The fourth-order valence-electron chi connectivity index (χ4n) is 1.48. The molecule has 4 heteroatoms. The van der Waals surface area contributed by atoms with Crippen LogP contribution < -0.4 is 0 Å². The molecular weight excluding hydrogens is 244 g/mol. The van der Waals surface area contributed by atoms with Crippen LogP contribution in [0.1, 0.15) is 27.1 Å². The van der Waals surface area contributed by atoms with Gasteiger partial charge in [0.2, 0.25) is 0 Å². The van der Waals surface area contributed by atoms with Crippen molar-refractivity contribution in [1.82, 2.24) is 0 Å². The van der Waals surface area contributed by atoms with Gasteiger partial charge >= 0.3 is 5.97 Å². The average molecular weight is 262 g/mol. The summed E-state index contributed by atoms with van der Waals surface area (Å²) in [5, 5.41) is 8.77. The van der Waals surface area contributed by atoms with E-state index in [9.17, 15) is 9.59 Å². The van der Waals surface area contributed by atoms with Gasteiger partial charge in [0.1, 0.15) is 0 Å². The summed E-state index contributed by atoms with van der Waals surface area (Å²) in [5.41, 5.74) is 2.76. The number of carbonyl (C=O) groups excluding carboxylic acids is 1. The van der Waals surface area contributed by atoms with Crippen LogP contribution in [0, 0.1) is 0 Å². The van der Waals surface area contributed by atoms with Gasteiger partial charge in [-0.15, -0.1) is 12.3 Å². The Hall–Kier alpha value is -1.68. The lowest BCUT2D eigenvalue weighted by Crippen LogP contribution is -2.22. The van der Waals surface area contributed by atoms with E-state index in [1.54, 1.807) is 12.1 Å². The minimum Gasteiger partial charge on any atom is -0.478 e. The van der Waals surface area contributed by atoms with Gasteiger partial charge in [0, 0.05) is 12.0 Å². The van der Waals surface area contributed by atoms with Crippen LogP contribution in [0.25, 0.3) is 0 Å². The Balaban J connectivity index is 2.68. The van der Waals surface area contributed by atoms with Crippen LogP contribution >= 0.6 is 0 Å². The zero-order valence-corrected chi connectivity index (χ0v) is 11.8. The molecule has 0 radical (unpaired) electrons. The number of benzene rings is 1. The zero-order valence-electron chi connectivity index (χ0n) is 10.8. The van der Waals surface area contributed by atoms with E-state index in [1.165, 1.54) is 12.1 Å². The topological polar surface area (TPSA) is 54.4 Å². The number of aromatic carboxylic acids is 1. The van der Waals surface area contributed by atoms with E-state index in [0.717, 1.165) is 6.04 Å². The van der Waals surface area contributed by atoms with Crippen molar-refractivity contribution >= 4 is 19.8 Å². The Morgan fingerprint density at radius 3 is 2.17 bits per heavy atom. The predicted molar refractivity (Wildman–Crippen MR) is 74.8 cm³/mol. The minimum atomic E-state index is -1.45. The standard InChI is InChI=1S/C14H18O3Si/c1-4-18(2,3)10-9-13(15)11-5-7-12(8-6-11)14(16)17/h4-8H,1,9-10H2,2-3H3,(H,16,17). The zero-order chi connectivity index (χ0) is 13.8. The number of carboxylic acids is 1. The fraction of sp³-hybridized carbons (Fsp3) is 0.286. The van der Waals surface area contributed by atoms with E-state index < -0.39 is 14.0 Å². The molecule has 0 aliphatic rings. The molecule has 0 spiro atoms. The maximum atomic E-state index is 11.9. The van der Waals surface area contributed by atoms with Gasteiger partial charge in [0.15, 0.2) is 5.78 Å². The molecule has 0 aliphatic carbocycles. The minimum absolute atomic E-state index is 0.0642. The highest BCUT2D eigenvalue weighted by atomic mass is 28.3. The summed E-state index contributed by atoms with van der Waals surface area (Å²) in [6.45, 7) is 8.13. The summed E-state index contributed by atoms with van der Waals surface area (Å²) in [6.07, 6.45) is 0.498. The van der Waals surface area contributed by atoms with Gasteiger partial charge in [0.25, 0.3) is 0 Å². The van der Waals surface area contributed by atoms with Crippen molar-refractivity contribution in [3.63, 3.8) is 0 Å². The average Bonchev–Trinajstić information content (AvgIpc) is 2.36. The summed E-state index contributed by atoms with van der Waals surface area (Å²) in [6, 6.07) is 6.95. The van der Waals surface area contributed by atoms with Gasteiger partial charge in [-0.2, -0.15) is 0 Å². The highest BCUT2D eigenvalue weighted by Gasteiger charge is 2.18. The van der Waals surface area contributed by atoms with E-state index in [4.69, 9.17) is 5.11 Å². The van der Waals surface area contributed by atoms with Crippen LogP contribution in [-0.2, 0) is 0 Å². The number of ketones is 1. The maximum Gasteiger partial charge on any atom is 0.335 e. The molecule has 0 heterocycles. The number of carbonyl (C=O) groups is 2. The van der Waals surface area contributed by atoms with E-state index in [1.807, 2.05) is 5.70 Å². The molecule has 0 aromatic heterocycles. The summed E-state index contributed by atoms with van der Waals surface area (Å²) >= 11 is 0. The van der Waals surface area contributed by atoms with Crippen LogP contribution in [0.5, 0.6) is 0 Å². The molecule has 1 rings (SSSR count). The Labute approximate surface area is 108 Å². The molecule has 0 saturated heterocycles. The van der Waals surface area contributed by atoms with Gasteiger partial charge in [-0.3, -0.25) is 4.79 Å². The van der Waals surface area contributed by atoms with Gasteiger partial charge in [-0.05, 0) is 18.2 Å². The van der Waals surface area contributed by atoms with Gasteiger partial charge < -0.3 is 5.11 Å². The first-order valence-corrected chi connectivity index (χ1v) is 9.14. The lowest BCUT2D eigenvalue weighted by Gasteiger charge is -2.15. The Morgan fingerprint density at radius 2 is 1.72 bits per heavy atom. The summed E-state index contributed by atoms with van der Waals surface area (Å²) in [5.74, 6) is -0.913. The van der Waals surface area contributed by atoms with Crippen LogP contribution in [-0.4, -0.2) is 24.9 Å².